The van der Waals surface area contributed by atoms with E-state index in [4.69, 9.17) is 0 Å². The van der Waals surface area contributed by atoms with Crippen molar-refractivity contribution in [2.24, 2.45) is 7.05 Å². The van der Waals surface area contributed by atoms with Crippen LogP contribution in [0, 0.1) is 0 Å². The molecule has 0 unspecified atom stereocenters. The number of hydrogen-bond acceptors (Lipinski definition) is 1. The first kappa shape index (κ1) is 10.5. The van der Waals surface area contributed by atoms with Gasteiger partial charge in [-0.25, -0.2) is 4.57 Å². The lowest BCUT2D eigenvalue weighted by Crippen LogP contribution is -3.00. The molecule has 0 amide bonds. The fourth-order valence-corrected chi connectivity index (χ4v) is 0.785. The van der Waals surface area contributed by atoms with Crippen molar-refractivity contribution in [1.29, 1.82) is 0 Å². The summed E-state index contributed by atoms with van der Waals surface area (Å²) in [5.41, 5.74) is 3.21. The molecule has 0 radical (unpaired) electrons. The Labute approximate surface area is 77.8 Å². The number of hydrogen-bond donors (Lipinski definition) is 1. The van der Waals surface area contributed by atoms with Gasteiger partial charge in [0.05, 0.1) is 13.6 Å². The molecular formula is C7H14BrN3. The van der Waals surface area contributed by atoms with Crippen LogP contribution in [0.25, 0.3) is 0 Å². The molecule has 11 heavy (non-hydrogen) atoms. The lowest BCUT2D eigenvalue weighted by Gasteiger charge is -1.95. The summed E-state index contributed by atoms with van der Waals surface area (Å²) >= 11 is 0. The van der Waals surface area contributed by atoms with Gasteiger partial charge in [0.15, 0.2) is 6.20 Å². The number of aryl methyl sites for hydroxylation is 1. The molecule has 1 N–H and O–H groups in total. The zero-order valence-corrected chi connectivity index (χ0v) is 8.50. The van der Waals surface area contributed by atoms with Crippen LogP contribution in [0.3, 0.4) is 0 Å². The summed E-state index contributed by atoms with van der Waals surface area (Å²) in [4.78, 5) is 0. The highest BCUT2D eigenvalue weighted by atomic mass is 79.9. The van der Waals surface area contributed by atoms with Crippen molar-refractivity contribution in [2.75, 3.05) is 12.0 Å². The maximum absolute atomic E-state index is 3.21. The molecule has 0 aliphatic heterocycles. The Bertz CT molecular complexity index is 197. The van der Waals surface area contributed by atoms with Crippen molar-refractivity contribution in [3.63, 3.8) is 0 Å². The van der Waals surface area contributed by atoms with E-state index in [2.05, 4.69) is 12.3 Å². The molecule has 0 aliphatic carbocycles. The first-order chi connectivity index (χ1) is 4.83. The smallest absolute Gasteiger partial charge is 0.266 e. The second-order valence-electron chi connectivity index (χ2n) is 2.39. The topological polar surface area (TPSA) is 20.8 Å². The van der Waals surface area contributed by atoms with E-state index in [0.29, 0.717) is 0 Å². The van der Waals surface area contributed by atoms with E-state index in [-0.39, 0.29) is 17.0 Å². The number of nitrogens with zero attached hydrogens (tertiary/aromatic N) is 2. The van der Waals surface area contributed by atoms with Gasteiger partial charge in [-0.3, -0.25) is 5.43 Å². The van der Waals surface area contributed by atoms with Crippen LogP contribution in [0.15, 0.2) is 18.7 Å². The fourth-order valence-electron chi connectivity index (χ4n) is 0.785. The van der Waals surface area contributed by atoms with Gasteiger partial charge in [-0.1, -0.05) is 6.92 Å². The van der Waals surface area contributed by atoms with Gasteiger partial charge in [0.1, 0.15) is 6.20 Å². The zero-order chi connectivity index (χ0) is 7.40. The lowest BCUT2D eigenvalue weighted by atomic mass is 10.5. The normalized spacial score (nSPS) is 8.91. The van der Waals surface area contributed by atoms with Crippen LogP contribution in [0.1, 0.15) is 13.3 Å². The molecule has 3 nitrogen and oxygen atoms in total. The largest absolute Gasteiger partial charge is 1.00 e. The van der Waals surface area contributed by atoms with Crippen molar-refractivity contribution in [3.05, 3.63) is 18.7 Å². The van der Waals surface area contributed by atoms with Crippen LogP contribution in [0.5, 0.6) is 0 Å². The third-order valence-corrected chi connectivity index (χ3v) is 1.31. The van der Waals surface area contributed by atoms with Gasteiger partial charge in [0, 0.05) is 0 Å². The van der Waals surface area contributed by atoms with E-state index in [9.17, 15) is 0 Å². The summed E-state index contributed by atoms with van der Waals surface area (Å²) in [5.74, 6) is 0. The number of aromatic nitrogens is 2. The molecule has 1 aromatic heterocycles. The van der Waals surface area contributed by atoms with Crippen LogP contribution in [0.2, 0.25) is 0 Å². The fraction of sp³-hybridized carbons (Fsp3) is 0.571. The monoisotopic (exact) mass is 219 g/mol. The van der Waals surface area contributed by atoms with Crippen LogP contribution in [-0.2, 0) is 7.05 Å². The Hall–Kier alpha value is -0.510. The second kappa shape index (κ2) is 5.18. The quantitative estimate of drug-likeness (QED) is 0.548. The summed E-state index contributed by atoms with van der Waals surface area (Å²) in [7, 11) is 2.00. The van der Waals surface area contributed by atoms with E-state index in [1.54, 1.807) is 0 Å². The minimum atomic E-state index is 0. The third-order valence-electron chi connectivity index (χ3n) is 1.31. The number of imidazole rings is 1. The maximum atomic E-state index is 3.21. The highest BCUT2D eigenvalue weighted by Gasteiger charge is 1.95. The Morgan fingerprint density at radius 3 is 2.73 bits per heavy atom. The summed E-state index contributed by atoms with van der Waals surface area (Å²) in [5, 5.41) is 0. The van der Waals surface area contributed by atoms with Crippen LogP contribution < -0.4 is 27.0 Å². The van der Waals surface area contributed by atoms with Gasteiger partial charge in [-0.15, -0.1) is 4.68 Å². The molecule has 64 valence electrons. The Morgan fingerprint density at radius 1 is 1.55 bits per heavy atom. The average Bonchev–Trinajstić information content (AvgIpc) is 2.31. The molecule has 4 heteroatoms. The molecule has 0 aliphatic rings. The van der Waals surface area contributed by atoms with E-state index >= 15 is 0 Å². The summed E-state index contributed by atoms with van der Waals surface area (Å²) < 4.78 is 3.96. The highest BCUT2D eigenvalue weighted by Crippen LogP contribution is 1.78. The van der Waals surface area contributed by atoms with Gasteiger partial charge >= 0.3 is 0 Å². The van der Waals surface area contributed by atoms with Gasteiger partial charge < -0.3 is 17.0 Å². The van der Waals surface area contributed by atoms with Crippen LogP contribution in [-0.4, -0.2) is 11.2 Å². The standard InChI is InChI=1S/C7H14N3.BrH/c1-3-4-8-10-6-5-9(2)7-10;/h5-8H,3-4H2,1-2H3;1H/q+1;/p-1. The predicted octanol–water partition coefficient (Wildman–Crippen LogP) is -2.73. The molecule has 1 heterocycles. The molecule has 0 bridgehead atoms. The molecule has 1 rings (SSSR count). The number of nitrogens with one attached hydrogen (secondary N) is 1. The molecular weight excluding hydrogens is 206 g/mol. The van der Waals surface area contributed by atoms with E-state index < -0.39 is 0 Å². The van der Waals surface area contributed by atoms with Crippen molar-refractivity contribution in [3.8, 4) is 0 Å². The van der Waals surface area contributed by atoms with E-state index in [1.807, 2.05) is 35.0 Å². The van der Waals surface area contributed by atoms with Crippen LogP contribution in [0.4, 0.5) is 0 Å². The zero-order valence-electron chi connectivity index (χ0n) is 6.92. The Morgan fingerprint density at radius 2 is 2.27 bits per heavy atom. The molecule has 0 atom stereocenters. The van der Waals surface area contributed by atoms with Gasteiger partial charge in [0.25, 0.3) is 6.33 Å². The van der Waals surface area contributed by atoms with Crippen molar-refractivity contribution < 1.29 is 21.5 Å². The SMILES string of the molecule is CCCNn1cc[n+](C)c1.[Br-]. The lowest BCUT2D eigenvalue weighted by molar-refractivity contribution is -0.670. The van der Waals surface area contributed by atoms with Crippen molar-refractivity contribution in [2.45, 2.75) is 13.3 Å². The first-order valence-electron chi connectivity index (χ1n) is 3.60. The highest BCUT2D eigenvalue weighted by molar-refractivity contribution is 4.73. The number of halogens is 1. The van der Waals surface area contributed by atoms with Crippen LogP contribution >= 0.6 is 0 Å². The summed E-state index contributed by atoms with van der Waals surface area (Å²) in [6, 6.07) is 0. The molecule has 0 aromatic carbocycles. The van der Waals surface area contributed by atoms with Crippen molar-refractivity contribution in [1.82, 2.24) is 4.68 Å². The minimum absolute atomic E-state index is 0. The second-order valence-corrected chi connectivity index (χ2v) is 2.39. The van der Waals surface area contributed by atoms with Gasteiger partial charge in [-0.2, -0.15) is 0 Å². The molecule has 0 spiro atoms. The van der Waals surface area contributed by atoms with Gasteiger partial charge in [0.2, 0.25) is 0 Å². The molecule has 1 aromatic rings. The maximum Gasteiger partial charge on any atom is 0.266 e. The Kier molecular flexibility index (Phi) is 4.94. The first-order valence-corrected chi connectivity index (χ1v) is 3.60. The van der Waals surface area contributed by atoms with E-state index in [1.165, 1.54) is 0 Å². The van der Waals surface area contributed by atoms with Gasteiger partial charge in [-0.05, 0) is 6.42 Å². The Balaban J connectivity index is 0.000001000. The van der Waals surface area contributed by atoms with Crippen molar-refractivity contribution >= 4 is 0 Å². The van der Waals surface area contributed by atoms with E-state index in [0.717, 1.165) is 13.0 Å². The molecule has 0 fully saturated rings. The third kappa shape index (κ3) is 3.41. The summed E-state index contributed by atoms with van der Waals surface area (Å²) in [6.07, 6.45) is 7.15. The molecule has 0 saturated heterocycles. The predicted molar refractivity (Wildman–Crippen MR) is 40.1 cm³/mol. The number of rotatable bonds is 3. The minimum Gasteiger partial charge on any atom is -1.00 e. The summed E-state index contributed by atoms with van der Waals surface area (Å²) in [6.45, 7) is 3.17. The average molecular weight is 220 g/mol. The molecule has 0 saturated carbocycles.